The first kappa shape index (κ1) is 27.1. The van der Waals surface area contributed by atoms with Crippen LogP contribution in [0.15, 0.2) is 87.3 Å². The van der Waals surface area contributed by atoms with E-state index in [-0.39, 0.29) is 18.2 Å². The summed E-state index contributed by atoms with van der Waals surface area (Å²) in [7, 11) is 1.85. The fourth-order valence-corrected chi connectivity index (χ4v) is 4.10. The number of amides is 1. The van der Waals surface area contributed by atoms with Gasteiger partial charge in [-0.25, -0.2) is 0 Å². The van der Waals surface area contributed by atoms with Crippen molar-refractivity contribution in [1.29, 1.82) is 0 Å². The second kappa shape index (κ2) is 14.2. The Labute approximate surface area is 215 Å². The Balaban J connectivity index is 1.57. The fraction of sp³-hybridized carbons (Fsp3) is 0.448. The van der Waals surface area contributed by atoms with Crippen LogP contribution in [0.25, 0.3) is 0 Å². The number of aliphatic imine (C=N–C) groups is 1. The van der Waals surface area contributed by atoms with E-state index in [0.717, 1.165) is 29.1 Å². The van der Waals surface area contributed by atoms with Crippen LogP contribution in [-0.2, 0) is 4.79 Å². The molecule has 3 N–H and O–H groups in total. The van der Waals surface area contributed by atoms with E-state index in [1.807, 2.05) is 56.8 Å². The second-order valence-corrected chi connectivity index (χ2v) is 9.42. The Morgan fingerprint density at radius 2 is 2.08 bits per heavy atom. The van der Waals surface area contributed by atoms with Gasteiger partial charge in [-0.05, 0) is 68.5 Å². The summed E-state index contributed by atoms with van der Waals surface area (Å²) >= 11 is 0. The predicted molar refractivity (Wildman–Crippen MR) is 151 cm³/mol. The molecule has 3 rings (SSSR count). The third-order valence-electron chi connectivity index (χ3n) is 6.71. The van der Waals surface area contributed by atoms with Crippen molar-refractivity contribution in [1.82, 2.24) is 10.2 Å². The number of hydrogen-bond acceptors (Lipinski definition) is 6. The topological polar surface area (TPSA) is 95.4 Å². The van der Waals surface area contributed by atoms with Gasteiger partial charge in [0.25, 0.3) is 0 Å². The number of carbonyl (C=O) groups excluding carboxylic acids is 1. The summed E-state index contributed by atoms with van der Waals surface area (Å²) in [6.45, 7) is 4.80. The minimum absolute atomic E-state index is 0.0933. The lowest BCUT2D eigenvalue weighted by Gasteiger charge is -2.25. The highest BCUT2D eigenvalue weighted by Crippen LogP contribution is 2.29. The summed E-state index contributed by atoms with van der Waals surface area (Å²) in [5, 5.41) is 11.4. The van der Waals surface area contributed by atoms with Gasteiger partial charge in [-0.2, -0.15) is 5.10 Å². The molecule has 0 aromatic heterocycles. The zero-order valence-electron chi connectivity index (χ0n) is 21.8. The molecule has 1 unspecified atom stereocenters. The van der Waals surface area contributed by atoms with E-state index in [4.69, 9.17) is 5.73 Å². The predicted octanol–water partition coefficient (Wildman–Crippen LogP) is 4.83. The molecule has 192 valence electrons. The molecule has 7 heteroatoms. The minimum Gasteiger partial charge on any atom is -0.405 e. The zero-order valence-corrected chi connectivity index (χ0v) is 21.8. The largest absolute Gasteiger partial charge is 0.405 e. The van der Waals surface area contributed by atoms with Gasteiger partial charge in [0.1, 0.15) is 6.34 Å². The number of rotatable bonds is 12. The molecule has 0 saturated heterocycles. The summed E-state index contributed by atoms with van der Waals surface area (Å²) in [6.07, 6.45) is 27.2. The molecule has 0 radical (unpaired) electrons. The molecule has 0 aromatic rings. The van der Waals surface area contributed by atoms with E-state index < -0.39 is 0 Å². The molecule has 2 saturated carbocycles. The van der Waals surface area contributed by atoms with Crippen LogP contribution in [0.5, 0.6) is 0 Å². The fourth-order valence-electron chi connectivity index (χ4n) is 4.10. The maximum absolute atomic E-state index is 12.5. The van der Waals surface area contributed by atoms with Gasteiger partial charge in [-0.1, -0.05) is 43.7 Å². The first-order chi connectivity index (χ1) is 17.5. The van der Waals surface area contributed by atoms with Gasteiger partial charge in [-0.15, -0.1) is 5.10 Å². The molecule has 1 atom stereocenters. The van der Waals surface area contributed by atoms with E-state index in [2.05, 4.69) is 44.5 Å². The van der Waals surface area contributed by atoms with Crippen molar-refractivity contribution in [2.75, 3.05) is 13.6 Å². The van der Waals surface area contributed by atoms with Gasteiger partial charge in [0, 0.05) is 42.9 Å². The van der Waals surface area contributed by atoms with Crippen molar-refractivity contribution < 1.29 is 4.79 Å². The standard InChI is InChI=1S/C29H40N6O/c1-4-5-7-25(28-20-35(21-33-34-28)26-12-13-26)17-19-32-29(36)15-11-23(16-18-30)22(2)10-14-27(31-3)24-8-6-9-24/h4-5,7,10-11,14,16-19,21-22,24,26H,6,8-9,12-13,15,20,30H2,1-3H3,(H,32,36)/b5-4-,14-10-,18-16-,19-17+,23-11+,25-7+,31-27?. The van der Waals surface area contributed by atoms with Crippen molar-refractivity contribution in [3.05, 3.63) is 72.2 Å². The Morgan fingerprint density at radius 3 is 2.72 bits per heavy atom. The summed E-state index contributed by atoms with van der Waals surface area (Å²) in [5.41, 5.74) is 9.65. The van der Waals surface area contributed by atoms with Crippen LogP contribution in [0.3, 0.4) is 0 Å². The maximum Gasteiger partial charge on any atom is 0.227 e. The molecule has 2 fully saturated rings. The molecule has 1 heterocycles. The second-order valence-electron chi connectivity index (χ2n) is 9.42. The SMILES string of the molecule is C\C=C/C=C(\C=C\NC(=O)C/C=C(\C=C/N)C(C)/C=C\C(=NC)C1CCC1)C1=NN=CN(C2CC2)C1. The number of nitrogens with two attached hydrogens (primary N) is 1. The van der Waals surface area contributed by atoms with E-state index >= 15 is 0 Å². The van der Waals surface area contributed by atoms with Crippen LogP contribution in [0.4, 0.5) is 0 Å². The van der Waals surface area contributed by atoms with Crippen molar-refractivity contribution in [3.63, 3.8) is 0 Å². The van der Waals surface area contributed by atoms with Crippen molar-refractivity contribution in [3.8, 4) is 0 Å². The summed E-state index contributed by atoms with van der Waals surface area (Å²) in [5.74, 6) is 0.618. The van der Waals surface area contributed by atoms with Crippen LogP contribution in [-0.4, -0.2) is 48.2 Å². The molecule has 1 amide bonds. The smallest absolute Gasteiger partial charge is 0.227 e. The van der Waals surface area contributed by atoms with Crippen LogP contribution in [0.2, 0.25) is 0 Å². The summed E-state index contributed by atoms with van der Waals surface area (Å²) in [4.78, 5) is 19.2. The molecule has 1 aliphatic heterocycles. The lowest BCUT2D eigenvalue weighted by molar-refractivity contribution is -0.119. The van der Waals surface area contributed by atoms with Crippen molar-refractivity contribution in [2.24, 2.45) is 32.8 Å². The van der Waals surface area contributed by atoms with Gasteiger partial charge in [-0.3, -0.25) is 9.79 Å². The molecular formula is C29H40N6O. The quantitative estimate of drug-likeness (QED) is 0.304. The van der Waals surface area contributed by atoms with Crippen LogP contribution < -0.4 is 11.1 Å². The third-order valence-corrected chi connectivity index (χ3v) is 6.71. The first-order valence-electron chi connectivity index (χ1n) is 12.9. The van der Waals surface area contributed by atoms with Crippen LogP contribution in [0.1, 0.15) is 52.4 Å². The number of allylic oxidation sites excluding steroid dienone is 8. The van der Waals surface area contributed by atoms with Crippen molar-refractivity contribution in [2.45, 2.75) is 58.4 Å². The summed E-state index contributed by atoms with van der Waals surface area (Å²) < 4.78 is 0. The Hall–Kier alpha value is -3.48. The molecule has 0 aromatic carbocycles. The first-order valence-corrected chi connectivity index (χ1v) is 12.9. The molecule has 3 aliphatic rings. The molecule has 0 bridgehead atoms. The number of nitrogens with one attached hydrogen (secondary N) is 1. The van der Waals surface area contributed by atoms with Crippen molar-refractivity contribution >= 4 is 23.7 Å². The lowest BCUT2D eigenvalue weighted by Crippen LogP contribution is -2.33. The molecule has 7 nitrogen and oxygen atoms in total. The zero-order chi connectivity index (χ0) is 25.8. The van der Waals surface area contributed by atoms with Gasteiger partial charge in [0.05, 0.1) is 12.3 Å². The average Bonchev–Trinajstić information content (AvgIpc) is 3.70. The third kappa shape index (κ3) is 8.33. The van der Waals surface area contributed by atoms with E-state index in [1.165, 1.54) is 38.3 Å². The molecule has 36 heavy (non-hydrogen) atoms. The van der Waals surface area contributed by atoms with E-state index in [1.54, 1.807) is 6.20 Å². The van der Waals surface area contributed by atoms with Gasteiger partial charge < -0.3 is 16.0 Å². The highest BCUT2D eigenvalue weighted by Gasteiger charge is 2.29. The highest BCUT2D eigenvalue weighted by atomic mass is 16.1. The molecule has 0 spiro atoms. The normalized spacial score (nSPS) is 21.1. The van der Waals surface area contributed by atoms with Gasteiger partial charge >= 0.3 is 0 Å². The molecular weight excluding hydrogens is 448 g/mol. The van der Waals surface area contributed by atoms with E-state index in [9.17, 15) is 4.79 Å². The van der Waals surface area contributed by atoms with Gasteiger partial charge in [0.2, 0.25) is 5.91 Å². The lowest BCUT2D eigenvalue weighted by atomic mass is 9.81. The summed E-state index contributed by atoms with van der Waals surface area (Å²) in [6, 6.07) is 0.575. The number of carbonyl (C=O) groups is 1. The minimum atomic E-state index is -0.0933. The average molecular weight is 489 g/mol. The van der Waals surface area contributed by atoms with Gasteiger partial charge in [0.15, 0.2) is 0 Å². The molecule has 2 aliphatic carbocycles. The Kier molecular flexibility index (Phi) is 10.7. The monoisotopic (exact) mass is 488 g/mol. The number of hydrogen-bond donors (Lipinski definition) is 2. The Morgan fingerprint density at radius 1 is 1.28 bits per heavy atom. The maximum atomic E-state index is 12.5. The number of nitrogens with zero attached hydrogens (tertiary/aromatic N) is 4. The van der Waals surface area contributed by atoms with Crippen LogP contribution >= 0.6 is 0 Å². The van der Waals surface area contributed by atoms with E-state index in [0.29, 0.717) is 12.0 Å². The highest BCUT2D eigenvalue weighted by molar-refractivity contribution is 6.05. The van der Waals surface area contributed by atoms with Crippen LogP contribution in [0, 0.1) is 11.8 Å². The Bertz CT molecular complexity index is 1030.